The maximum absolute atomic E-state index is 11.1. The van der Waals surface area contributed by atoms with Crippen molar-refractivity contribution in [1.29, 1.82) is 0 Å². The third-order valence-electron chi connectivity index (χ3n) is 1.65. The van der Waals surface area contributed by atoms with Gasteiger partial charge in [0.25, 0.3) is 0 Å². The second-order valence-corrected chi connectivity index (χ2v) is 2.89. The quantitative estimate of drug-likeness (QED) is 0.216. The number of nitrogens with two attached hydrogens (primary N) is 3. The van der Waals surface area contributed by atoms with Crippen LogP contribution in [0.2, 0.25) is 0 Å². The molecule has 0 aliphatic carbocycles. The fourth-order valence-corrected chi connectivity index (χ4v) is 0.856. The standard InChI is InChI=1S/C8H17N3O3.Mg.2H/c9-4-2-1-3-6(11)8(13)14-7(12)5-10;;;/h6H,1-5,9-11H2;;;/q;+2;2*-1/t6-;;;/m0.../s1. The minimum atomic E-state index is -0.767. The van der Waals surface area contributed by atoms with Gasteiger partial charge in [0.15, 0.2) is 0 Å². The molecule has 0 saturated heterocycles. The molecule has 0 saturated carbocycles. The van der Waals surface area contributed by atoms with Crippen molar-refractivity contribution in [3.05, 3.63) is 0 Å². The summed E-state index contributed by atoms with van der Waals surface area (Å²) >= 11 is 0. The van der Waals surface area contributed by atoms with E-state index in [-0.39, 0.29) is 32.5 Å². The molecule has 15 heavy (non-hydrogen) atoms. The molecular formula is C8H19MgN3O3. The van der Waals surface area contributed by atoms with Crippen LogP contribution in [0.4, 0.5) is 0 Å². The predicted molar refractivity (Wildman–Crippen MR) is 59.0 cm³/mol. The average Bonchev–Trinajstić information content (AvgIpc) is 2.17. The minimum absolute atomic E-state index is 0. The molecule has 0 fully saturated rings. The predicted octanol–water partition coefficient (Wildman–Crippen LogP) is -1.68. The molecule has 6 N–H and O–H groups in total. The van der Waals surface area contributed by atoms with E-state index in [1.54, 1.807) is 0 Å². The smallest absolute Gasteiger partial charge is 1.00 e. The van der Waals surface area contributed by atoms with Gasteiger partial charge < -0.3 is 24.8 Å². The van der Waals surface area contributed by atoms with Crippen molar-refractivity contribution >= 4 is 35.0 Å². The number of hydrogen-bond donors (Lipinski definition) is 3. The monoisotopic (exact) mass is 229 g/mol. The van der Waals surface area contributed by atoms with Crippen molar-refractivity contribution in [2.75, 3.05) is 13.1 Å². The first-order valence-electron chi connectivity index (χ1n) is 4.52. The first-order valence-corrected chi connectivity index (χ1v) is 4.52. The van der Waals surface area contributed by atoms with E-state index in [9.17, 15) is 9.59 Å². The van der Waals surface area contributed by atoms with E-state index >= 15 is 0 Å². The van der Waals surface area contributed by atoms with E-state index in [2.05, 4.69) is 4.74 Å². The molecule has 0 spiro atoms. The Labute approximate surface area is 108 Å². The summed E-state index contributed by atoms with van der Waals surface area (Å²) < 4.78 is 4.33. The SMILES string of the molecule is NCCCC[C@H](N)C(=O)OC(=O)CN.[H-].[H-].[Mg+2]. The third kappa shape index (κ3) is 8.76. The Kier molecular flexibility index (Phi) is 11.8. The minimum Gasteiger partial charge on any atom is -1.00 e. The molecule has 6 nitrogen and oxygen atoms in total. The molecule has 0 unspecified atom stereocenters. The van der Waals surface area contributed by atoms with E-state index < -0.39 is 18.0 Å². The fraction of sp³-hybridized carbons (Fsp3) is 0.750. The van der Waals surface area contributed by atoms with Crippen LogP contribution in [0.15, 0.2) is 0 Å². The second-order valence-electron chi connectivity index (χ2n) is 2.89. The zero-order valence-electron chi connectivity index (χ0n) is 10.8. The maximum Gasteiger partial charge on any atom is 2.00 e. The van der Waals surface area contributed by atoms with E-state index in [0.29, 0.717) is 13.0 Å². The van der Waals surface area contributed by atoms with Gasteiger partial charge in [0.05, 0.1) is 6.54 Å². The summed E-state index contributed by atoms with van der Waals surface area (Å²) in [5, 5.41) is 0. The van der Waals surface area contributed by atoms with Crippen molar-refractivity contribution in [2.45, 2.75) is 25.3 Å². The van der Waals surface area contributed by atoms with Crippen molar-refractivity contribution < 1.29 is 17.2 Å². The second kappa shape index (κ2) is 10.3. The third-order valence-corrected chi connectivity index (χ3v) is 1.65. The van der Waals surface area contributed by atoms with E-state index in [4.69, 9.17) is 17.2 Å². The van der Waals surface area contributed by atoms with E-state index in [0.717, 1.165) is 12.8 Å². The Bertz CT molecular complexity index is 210. The van der Waals surface area contributed by atoms with Gasteiger partial charge in [0, 0.05) is 0 Å². The molecule has 86 valence electrons. The fourth-order valence-electron chi connectivity index (χ4n) is 0.856. The summed E-state index contributed by atoms with van der Waals surface area (Å²) in [6.07, 6.45) is 2.00. The van der Waals surface area contributed by atoms with Crippen LogP contribution in [0, 0.1) is 0 Å². The first-order chi connectivity index (χ1) is 6.61. The van der Waals surface area contributed by atoms with Gasteiger partial charge >= 0.3 is 35.0 Å². The first kappa shape index (κ1) is 17.2. The number of rotatable bonds is 6. The molecule has 0 aliphatic heterocycles. The van der Waals surface area contributed by atoms with Gasteiger partial charge in [-0.05, 0) is 19.4 Å². The summed E-state index contributed by atoms with van der Waals surface area (Å²) in [6.45, 7) is 0.241. The molecule has 1 atom stereocenters. The largest absolute Gasteiger partial charge is 2.00 e. The molecule has 0 bridgehead atoms. The molecule has 0 aromatic heterocycles. The Balaban J connectivity index is -0.000000282. The molecule has 0 heterocycles. The van der Waals surface area contributed by atoms with Gasteiger partial charge in [-0.2, -0.15) is 0 Å². The van der Waals surface area contributed by atoms with Gasteiger partial charge in [-0.15, -0.1) is 0 Å². The van der Waals surface area contributed by atoms with E-state index in [1.807, 2.05) is 0 Å². The number of unbranched alkanes of at least 4 members (excludes halogenated alkanes) is 1. The van der Waals surface area contributed by atoms with Crippen LogP contribution in [0.5, 0.6) is 0 Å². The van der Waals surface area contributed by atoms with Crippen LogP contribution in [0.3, 0.4) is 0 Å². The molecule has 0 aliphatic rings. The van der Waals surface area contributed by atoms with Crippen LogP contribution in [-0.2, 0) is 14.3 Å². The average molecular weight is 230 g/mol. The summed E-state index contributed by atoms with van der Waals surface area (Å²) in [7, 11) is 0. The molecule has 0 aromatic carbocycles. The summed E-state index contributed by atoms with van der Waals surface area (Å²) in [6, 6.07) is -0.767. The van der Waals surface area contributed by atoms with Crippen LogP contribution < -0.4 is 17.2 Å². The molecule has 7 heteroatoms. The van der Waals surface area contributed by atoms with E-state index in [1.165, 1.54) is 0 Å². The molecule has 0 aromatic rings. The number of ether oxygens (including phenoxy) is 1. The Morgan fingerprint density at radius 1 is 1.27 bits per heavy atom. The number of hydrogen-bond acceptors (Lipinski definition) is 6. The Morgan fingerprint density at radius 3 is 2.33 bits per heavy atom. The van der Waals surface area contributed by atoms with Gasteiger partial charge in [0.1, 0.15) is 6.04 Å². The summed E-state index contributed by atoms with van der Waals surface area (Å²) in [4.78, 5) is 21.7. The molecular weight excluding hydrogens is 210 g/mol. The van der Waals surface area contributed by atoms with Gasteiger partial charge in [-0.3, -0.25) is 4.79 Å². The number of carbonyl (C=O) groups is 2. The summed E-state index contributed by atoms with van der Waals surface area (Å²) in [5.74, 6) is -1.48. The van der Waals surface area contributed by atoms with Crippen molar-refractivity contribution in [3.63, 3.8) is 0 Å². The van der Waals surface area contributed by atoms with Gasteiger partial charge in [-0.1, -0.05) is 6.42 Å². The normalized spacial score (nSPS) is 11.4. The molecule has 0 rings (SSSR count). The van der Waals surface area contributed by atoms with Crippen LogP contribution >= 0.6 is 0 Å². The topological polar surface area (TPSA) is 121 Å². The number of esters is 2. The molecule has 0 radical (unpaired) electrons. The maximum atomic E-state index is 11.1. The zero-order valence-corrected chi connectivity index (χ0v) is 10.2. The van der Waals surface area contributed by atoms with Gasteiger partial charge in [0.2, 0.25) is 0 Å². The molecule has 0 amide bonds. The number of carbonyl (C=O) groups excluding carboxylic acids is 2. The van der Waals surface area contributed by atoms with Crippen molar-refractivity contribution in [2.24, 2.45) is 17.2 Å². The van der Waals surface area contributed by atoms with Crippen LogP contribution in [0.1, 0.15) is 22.1 Å². The summed E-state index contributed by atoms with van der Waals surface area (Å²) in [5.41, 5.74) is 15.7. The van der Waals surface area contributed by atoms with Gasteiger partial charge in [-0.25, -0.2) is 4.79 Å². The van der Waals surface area contributed by atoms with Crippen LogP contribution in [0.25, 0.3) is 0 Å². The Hall–Kier alpha value is -0.214. The van der Waals surface area contributed by atoms with Crippen molar-refractivity contribution in [3.8, 4) is 0 Å². The zero-order chi connectivity index (χ0) is 11.0. The Morgan fingerprint density at radius 2 is 1.87 bits per heavy atom. The van der Waals surface area contributed by atoms with Crippen molar-refractivity contribution in [1.82, 2.24) is 0 Å². The van der Waals surface area contributed by atoms with Crippen LogP contribution in [-0.4, -0.2) is 54.1 Å².